The molecule has 6 rings (SSSR count). The van der Waals surface area contributed by atoms with Crippen LogP contribution in [0.2, 0.25) is 0 Å². The van der Waals surface area contributed by atoms with Gasteiger partial charge in [0.05, 0.1) is 24.4 Å². The summed E-state index contributed by atoms with van der Waals surface area (Å²) < 4.78 is 25.9. The van der Waals surface area contributed by atoms with Crippen molar-refractivity contribution < 1.29 is 18.9 Å². The third-order valence-corrected chi connectivity index (χ3v) is 18.2. The van der Waals surface area contributed by atoms with Gasteiger partial charge in [0.1, 0.15) is 0 Å². The molecule has 2 saturated carbocycles. The van der Waals surface area contributed by atoms with Crippen LogP contribution < -0.4 is 0 Å². The Balaban J connectivity index is 1.21. The molecule has 0 aromatic carbocycles. The van der Waals surface area contributed by atoms with E-state index in [0.717, 1.165) is 23.2 Å². The molecule has 34 heavy (non-hydrogen) atoms. The molecule has 2 unspecified atom stereocenters. The lowest BCUT2D eigenvalue weighted by Crippen LogP contribution is -2.34. The monoisotopic (exact) mass is 510 g/mol. The highest BCUT2D eigenvalue weighted by atomic mass is 31.1. The van der Waals surface area contributed by atoms with Crippen LogP contribution in [0.3, 0.4) is 0 Å². The minimum absolute atomic E-state index is 0.0667. The van der Waals surface area contributed by atoms with E-state index in [9.17, 15) is 0 Å². The van der Waals surface area contributed by atoms with Crippen LogP contribution in [0.1, 0.15) is 93.9 Å². The smallest absolute Gasteiger partial charge is 0.163 e. The summed E-state index contributed by atoms with van der Waals surface area (Å²) in [7, 11) is -0.133. The van der Waals surface area contributed by atoms with Crippen LogP contribution >= 0.6 is 15.8 Å². The van der Waals surface area contributed by atoms with E-state index in [2.05, 4.69) is 55.4 Å². The first-order chi connectivity index (χ1) is 16.0. The summed E-state index contributed by atoms with van der Waals surface area (Å²) in [4.78, 5) is 0. The fourth-order valence-corrected chi connectivity index (χ4v) is 18.2. The third-order valence-electron chi connectivity index (χ3n) is 10.5. The van der Waals surface area contributed by atoms with Crippen molar-refractivity contribution in [2.24, 2.45) is 11.8 Å². The van der Waals surface area contributed by atoms with E-state index in [0.29, 0.717) is 47.1 Å². The van der Waals surface area contributed by atoms with E-state index in [4.69, 9.17) is 18.9 Å². The van der Waals surface area contributed by atoms with Crippen LogP contribution in [0.25, 0.3) is 0 Å². The molecule has 2 aliphatic carbocycles. The standard InChI is InChI=1S/C28H48O4P2/c1-15-23-24(30-27(5,6)29-23)16(2)33(15)21-13-9-11-19(21)20-12-10-14-22(20)34-17(3)25-26(18(34)4)32-28(7,8)31-25/h15-26H,9-14H2,1-8H3/t15-,16-,17-,18-,19?,20?,21-,22-,23+,24+,25+,26+/m0/s1. The van der Waals surface area contributed by atoms with Crippen molar-refractivity contribution in [1.29, 1.82) is 0 Å². The van der Waals surface area contributed by atoms with Gasteiger partial charge in [-0.05, 0) is 76.5 Å². The first kappa shape index (κ1) is 25.0. The maximum Gasteiger partial charge on any atom is 0.163 e. The highest BCUT2D eigenvalue weighted by Gasteiger charge is 2.61. The molecule has 4 saturated heterocycles. The second-order valence-electron chi connectivity index (χ2n) is 13.3. The average molecular weight is 511 g/mol. The van der Waals surface area contributed by atoms with Gasteiger partial charge in [-0.15, -0.1) is 0 Å². The van der Waals surface area contributed by atoms with Gasteiger partial charge >= 0.3 is 0 Å². The van der Waals surface area contributed by atoms with Gasteiger partial charge in [0, 0.05) is 22.6 Å². The van der Waals surface area contributed by atoms with Crippen LogP contribution in [-0.4, -0.2) is 69.9 Å². The van der Waals surface area contributed by atoms with Gasteiger partial charge in [-0.25, -0.2) is 0 Å². The molecule has 0 N–H and O–H groups in total. The lowest BCUT2D eigenvalue weighted by Gasteiger charge is -2.42. The molecule has 0 aromatic rings. The Kier molecular flexibility index (Phi) is 6.33. The van der Waals surface area contributed by atoms with E-state index in [1.165, 1.54) is 38.5 Å². The predicted molar refractivity (Wildman–Crippen MR) is 142 cm³/mol. The number of fused-ring (bicyclic) bond motifs is 2. The van der Waals surface area contributed by atoms with Crippen molar-refractivity contribution in [3.63, 3.8) is 0 Å². The van der Waals surface area contributed by atoms with Crippen molar-refractivity contribution in [3.05, 3.63) is 0 Å². The van der Waals surface area contributed by atoms with Gasteiger partial charge in [0.2, 0.25) is 0 Å². The Morgan fingerprint density at radius 1 is 0.500 bits per heavy atom. The molecule has 12 atom stereocenters. The average Bonchev–Trinajstić information content (AvgIpc) is 3.55. The number of hydrogen-bond donors (Lipinski definition) is 0. The van der Waals surface area contributed by atoms with E-state index < -0.39 is 11.6 Å². The minimum atomic E-state index is -0.404. The van der Waals surface area contributed by atoms with E-state index in [1.54, 1.807) is 0 Å². The fourth-order valence-electron chi connectivity index (χ4n) is 9.43. The summed E-state index contributed by atoms with van der Waals surface area (Å²) in [5.74, 6) is 1.05. The summed E-state index contributed by atoms with van der Waals surface area (Å²) >= 11 is 0. The molecule has 4 aliphatic heterocycles. The number of hydrogen-bond acceptors (Lipinski definition) is 4. The van der Waals surface area contributed by atoms with E-state index in [1.807, 2.05) is 0 Å². The van der Waals surface area contributed by atoms with Crippen LogP contribution in [0.15, 0.2) is 0 Å². The molecule has 0 radical (unpaired) electrons. The van der Waals surface area contributed by atoms with E-state index in [-0.39, 0.29) is 15.8 Å². The summed E-state index contributed by atoms with van der Waals surface area (Å²) in [6.45, 7) is 18.4. The topological polar surface area (TPSA) is 36.9 Å². The lowest BCUT2D eigenvalue weighted by atomic mass is 9.89. The van der Waals surface area contributed by atoms with Crippen LogP contribution in [0, 0.1) is 11.8 Å². The van der Waals surface area contributed by atoms with Crippen molar-refractivity contribution in [1.82, 2.24) is 0 Å². The molecule has 0 spiro atoms. The van der Waals surface area contributed by atoms with Gasteiger partial charge in [-0.1, -0.05) is 56.4 Å². The Hall–Kier alpha value is 0.700. The maximum absolute atomic E-state index is 6.47. The number of ether oxygens (including phenoxy) is 4. The van der Waals surface area contributed by atoms with Crippen molar-refractivity contribution in [3.8, 4) is 0 Å². The maximum atomic E-state index is 6.47. The van der Waals surface area contributed by atoms with Crippen molar-refractivity contribution in [2.45, 2.75) is 164 Å². The molecule has 0 bridgehead atoms. The van der Waals surface area contributed by atoms with Crippen LogP contribution in [0.4, 0.5) is 0 Å². The molecule has 6 aliphatic rings. The summed E-state index contributed by atoms with van der Waals surface area (Å²) in [6, 6.07) is 0. The molecule has 194 valence electrons. The third kappa shape index (κ3) is 3.82. The van der Waals surface area contributed by atoms with Crippen molar-refractivity contribution >= 4 is 15.8 Å². The van der Waals surface area contributed by atoms with E-state index >= 15 is 0 Å². The summed E-state index contributed by atoms with van der Waals surface area (Å²) in [6.07, 6.45) is 9.96. The van der Waals surface area contributed by atoms with Gasteiger partial charge in [0.15, 0.2) is 11.6 Å². The molecule has 0 amide bonds. The zero-order chi connectivity index (χ0) is 24.2. The summed E-state index contributed by atoms with van der Waals surface area (Å²) in [5.41, 5.74) is 4.50. The van der Waals surface area contributed by atoms with Crippen LogP contribution in [-0.2, 0) is 18.9 Å². The zero-order valence-corrected chi connectivity index (χ0v) is 24.5. The van der Waals surface area contributed by atoms with Gasteiger partial charge < -0.3 is 18.9 Å². The Morgan fingerprint density at radius 2 is 0.794 bits per heavy atom. The predicted octanol–water partition coefficient (Wildman–Crippen LogP) is 6.91. The molecule has 0 aromatic heterocycles. The first-order valence-corrected chi connectivity index (χ1v) is 17.3. The number of rotatable bonds is 3. The largest absolute Gasteiger partial charge is 0.344 e. The molecule has 6 fully saturated rings. The quantitative estimate of drug-likeness (QED) is 0.387. The first-order valence-electron chi connectivity index (χ1n) is 14.3. The van der Waals surface area contributed by atoms with Gasteiger partial charge in [-0.3, -0.25) is 0 Å². The molecular formula is C28H48O4P2. The fraction of sp³-hybridized carbons (Fsp3) is 1.00. The molecular weight excluding hydrogens is 462 g/mol. The normalized spacial score (nSPS) is 57.9. The second kappa shape index (κ2) is 8.61. The zero-order valence-electron chi connectivity index (χ0n) is 22.7. The summed E-state index contributed by atoms with van der Waals surface area (Å²) in [5, 5.41) is 0. The molecule has 4 nitrogen and oxygen atoms in total. The molecule has 6 heteroatoms. The van der Waals surface area contributed by atoms with Crippen LogP contribution in [0.5, 0.6) is 0 Å². The minimum Gasteiger partial charge on any atom is -0.344 e. The van der Waals surface area contributed by atoms with Gasteiger partial charge in [-0.2, -0.15) is 0 Å². The highest BCUT2D eigenvalue weighted by Crippen LogP contribution is 2.71. The Morgan fingerprint density at radius 3 is 1.09 bits per heavy atom. The Labute approximate surface area is 210 Å². The van der Waals surface area contributed by atoms with Crippen molar-refractivity contribution in [2.75, 3.05) is 0 Å². The lowest BCUT2D eigenvalue weighted by molar-refractivity contribution is -0.147. The Bertz CT molecular complexity index is 684. The second-order valence-corrected chi connectivity index (χ2v) is 19.7. The highest BCUT2D eigenvalue weighted by molar-refractivity contribution is 7.61. The van der Waals surface area contributed by atoms with Gasteiger partial charge in [0.25, 0.3) is 0 Å². The SMILES string of the molecule is C[C@H]1[C@H]2OC(C)(C)O[C@@H]2[C@H](C)P1[C@H]1CCCC1C1CCC[C@@H]1P1[C@@H](C)[C@H]2OC(C)(C)O[C@@H]2[C@@H]1C. The molecule has 4 heterocycles.